The average Bonchev–Trinajstić information content (AvgIpc) is 3.11. The van der Waals surface area contributed by atoms with E-state index in [0.29, 0.717) is 0 Å². The Balaban J connectivity index is 1.59. The molecule has 2 aliphatic rings. The van der Waals surface area contributed by atoms with Crippen LogP contribution in [-0.4, -0.2) is 84.1 Å². The highest BCUT2D eigenvalue weighted by Gasteiger charge is 2.47. The molecule has 2 saturated heterocycles. The Hall–Kier alpha value is -1.30. The van der Waals surface area contributed by atoms with Gasteiger partial charge in [0.1, 0.15) is 24.5 Å². The minimum Gasteiger partial charge on any atom is -0.390 e. The monoisotopic (exact) mass is 547 g/mol. The zero-order valence-electron chi connectivity index (χ0n) is 18.4. The zero-order valence-corrected chi connectivity index (χ0v) is 20.2. The van der Waals surface area contributed by atoms with Crippen molar-refractivity contribution in [3.8, 4) is 0 Å². The molecule has 0 bridgehead atoms. The first-order chi connectivity index (χ1) is 16.1. The molecule has 3 heterocycles. The minimum absolute atomic E-state index is 0.142. The first-order valence-electron chi connectivity index (χ1n) is 10.2. The van der Waals surface area contributed by atoms with E-state index in [0.717, 1.165) is 4.57 Å². The molecule has 2 fully saturated rings. The second-order valence-corrected chi connectivity index (χ2v) is 11.1. The Labute approximate surface area is 197 Å². The number of hydrogen-bond acceptors (Lipinski definition) is 13. The quantitative estimate of drug-likeness (QED) is 0.166. The molecule has 0 aromatic carbocycles. The zero-order chi connectivity index (χ0) is 26.3. The molecule has 0 radical (unpaired) electrons. The number of aliphatic hydroxyl groups excluding tert-OH is 3. The van der Waals surface area contributed by atoms with E-state index in [2.05, 4.69) is 18.3 Å². The number of aromatic nitrogens is 2. The van der Waals surface area contributed by atoms with Gasteiger partial charge in [-0.15, -0.1) is 0 Å². The molecular formula is C16H27N3O14P2. The van der Waals surface area contributed by atoms with Crippen molar-refractivity contribution in [3.63, 3.8) is 0 Å². The highest BCUT2D eigenvalue weighted by Crippen LogP contribution is 2.61. The topological polar surface area (TPSA) is 262 Å². The molecule has 17 nitrogen and oxygen atoms in total. The van der Waals surface area contributed by atoms with Gasteiger partial charge < -0.3 is 40.3 Å². The Morgan fingerprint density at radius 3 is 2.49 bits per heavy atom. The van der Waals surface area contributed by atoms with Crippen LogP contribution in [0.2, 0.25) is 0 Å². The van der Waals surface area contributed by atoms with Crippen molar-refractivity contribution in [2.24, 2.45) is 5.73 Å². The summed E-state index contributed by atoms with van der Waals surface area (Å²) in [6, 6.07) is -1.03. The lowest BCUT2D eigenvalue weighted by Crippen LogP contribution is -2.60. The summed E-state index contributed by atoms with van der Waals surface area (Å²) in [5.41, 5.74) is 4.39. The molecule has 3 rings (SSSR count). The number of ether oxygens (including phenoxy) is 2. The molecule has 8 N–H and O–H groups in total. The van der Waals surface area contributed by atoms with Crippen molar-refractivity contribution < 1.29 is 57.1 Å². The molecule has 1 aromatic heterocycles. The van der Waals surface area contributed by atoms with Crippen LogP contribution >= 0.6 is 15.6 Å². The number of rotatable bonds is 8. The summed E-state index contributed by atoms with van der Waals surface area (Å²) in [4.78, 5) is 45.2. The minimum atomic E-state index is -5.40. The first-order valence-corrected chi connectivity index (χ1v) is 13.2. The lowest BCUT2D eigenvalue weighted by molar-refractivity contribution is -0.242. The molecule has 1 aromatic rings. The Morgan fingerprint density at radius 2 is 1.83 bits per heavy atom. The Bertz CT molecular complexity index is 1130. The third-order valence-electron chi connectivity index (χ3n) is 5.42. The van der Waals surface area contributed by atoms with Gasteiger partial charge in [0.2, 0.25) is 0 Å². The van der Waals surface area contributed by atoms with E-state index in [1.54, 1.807) is 0 Å². The smallest absolute Gasteiger partial charge is 0.390 e. The number of phosphoric ester groups is 2. The average molecular weight is 547 g/mol. The molecule has 35 heavy (non-hydrogen) atoms. The van der Waals surface area contributed by atoms with Gasteiger partial charge >= 0.3 is 21.3 Å². The predicted octanol–water partition coefficient (Wildman–Crippen LogP) is -2.46. The van der Waals surface area contributed by atoms with Gasteiger partial charge in [0.25, 0.3) is 5.56 Å². The summed E-state index contributed by atoms with van der Waals surface area (Å²) in [6.45, 7) is 2.03. The van der Waals surface area contributed by atoms with Crippen molar-refractivity contribution in [1.29, 1.82) is 0 Å². The maximum absolute atomic E-state index is 12.2. The van der Waals surface area contributed by atoms with Crippen molar-refractivity contribution in [1.82, 2.24) is 9.55 Å². The number of H-pyrrole nitrogens is 1. The number of aryl methyl sites for hydroxylation is 1. The molecule has 200 valence electrons. The number of nitrogens with one attached hydrogen (secondary N) is 1. The van der Waals surface area contributed by atoms with Crippen LogP contribution in [0.1, 0.15) is 25.1 Å². The lowest BCUT2D eigenvalue weighted by Gasteiger charge is -2.39. The number of phosphoric acid groups is 2. The predicted molar refractivity (Wildman–Crippen MR) is 113 cm³/mol. The van der Waals surface area contributed by atoms with Crippen molar-refractivity contribution >= 4 is 15.6 Å². The van der Waals surface area contributed by atoms with Crippen LogP contribution in [0.5, 0.6) is 0 Å². The molecule has 10 atom stereocenters. The fourth-order valence-electron chi connectivity index (χ4n) is 3.44. The summed E-state index contributed by atoms with van der Waals surface area (Å²) in [5.74, 6) is 0. The third kappa shape index (κ3) is 6.72. The Morgan fingerprint density at radius 1 is 1.17 bits per heavy atom. The van der Waals surface area contributed by atoms with E-state index in [1.807, 2.05) is 0 Å². The number of aliphatic hydroxyl groups is 3. The van der Waals surface area contributed by atoms with E-state index in [9.17, 15) is 43.8 Å². The second-order valence-electron chi connectivity index (χ2n) is 8.10. The van der Waals surface area contributed by atoms with Gasteiger partial charge in [0.15, 0.2) is 6.29 Å². The Kier molecular flexibility index (Phi) is 8.56. The lowest BCUT2D eigenvalue weighted by atomic mass is 9.98. The van der Waals surface area contributed by atoms with E-state index in [1.165, 1.54) is 20.0 Å². The van der Waals surface area contributed by atoms with Crippen LogP contribution in [0.15, 0.2) is 15.8 Å². The summed E-state index contributed by atoms with van der Waals surface area (Å²) in [5, 5.41) is 29.9. The van der Waals surface area contributed by atoms with Gasteiger partial charge in [-0.05, 0) is 13.8 Å². The third-order valence-corrected chi connectivity index (χ3v) is 8.02. The van der Waals surface area contributed by atoms with E-state index < -0.39 is 82.6 Å². The second kappa shape index (κ2) is 10.6. The normalized spacial score (nSPS) is 37.0. The SMILES string of the molecule is Cc1cn([C@H]2C[C@H](O)[C@@H](COP(=O)(O)OP(=O)(O)O[C@@H]3O[C@H](C)[C@@H](N)[C@H](O)[C@H]3O)O2)c(=O)[nH]c1=O. The largest absolute Gasteiger partial charge is 0.483 e. The molecule has 0 aliphatic carbocycles. The highest BCUT2D eigenvalue weighted by molar-refractivity contribution is 7.61. The van der Waals surface area contributed by atoms with Gasteiger partial charge in [-0.2, -0.15) is 4.31 Å². The standard InChI is InChI=1S/C16H27N3O14P2/c1-6-4-19(16(24)18-14(6)23)10-3-8(20)9(31-10)5-29-34(25,26)33-35(27,28)32-15-13(22)12(21)11(17)7(2)30-15/h4,7-13,15,20-22H,3,5,17H2,1-2H3,(H,25,26)(H,27,28)(H,18,23,24)/t7-,8+,9-,10-,11-,12+,13-,15+/m1/s1. The van der Waals surface area contributed by atoms with Gasteiger partial charge in [0, 0.05) is 18.2 Å². The molecule has 0 saturated carbocycles. The van der Waals surface area contributed by atoms with Gasteiger partial charge in [-0.25, -0.2) is 13.9 Å². The summed E-state index contributed by atoms with van der Waals surface area (Å²) < 4.78 is 49.3. The summed E-state index contributed by atoms with van der Waals surface area (Å²) in [6.07, 6.45) is -8.81. The molecule has 2 unspecified atom stereocenters. The maximum Gasteiger partial charge on any atom is 0.483 e. The van der Waals surface area contributed by atoms with Crippen LogP contribution in [0.3, 0.4) is 0 Å². The number of aromatic amines is 1. The molecule has 0 spiro atoms. The van der Waals surface area contributed by atoms with Gasteiger partial charge in [-0.1, -0.05) is 0 Å². The molecule has 19 heteroatoms. The highest BCUT2D eigenvalue weighted by atomic mass is 31.3. The van der Waals surface area contributed by atoms with Gasteiger partial charge in [-0.3, -0.25) is 23.4 Å². The summed E-state index contributed by atoms with van der Waals surface area (Å²) in [7, 11) is -10.7. The van der Waals surface area contributed by atoms with E-state index >= 15 is 0 Å². The van der Waals surface area contributed by atoms with Crippen molar-refractivity contribution in [2.75, 3.05) is 6.61 Å². The summed E-state index contributed by atoms with van der Waals surface area (Å²) >= 11 is 0. The maximum atomic E-state index is 12.2. The van der Waals surface area contributed by atoms with Crippen LogP contribution < -0.4 is 17.0 Å². The fraction of sp³-hybridized carbons (Fsp3) is 0.750. The van der Waals surface area contributed by atoms with E-state index in [-0.39, 0.29) is 12.0 Å². The number of hydrogen-bond donors (Lipinski definition) is 7. The number of nitrogens with zero attached hydrogens (tertiary/aromatic N) is 1. The molecule has 2 aliphatic heterocycles. The number of nitrogens with two attached hydrogens (primary N) is 1. The first kappa shape index (κ1) is 28.3. The molecule has 0 amide bonds. The fourth-order valence-corrected chi connectivity index (χ4v) is 5.60. The van der Waals surface area contributed by atoms with Crippen LogP contribution in [0.4, 0.5) is 0 Å². The van der Waals surface area contributed by atoms with Crippen LogP contribution in [-0.2, 0) is 32.0 Å². The van der Waals surface area contributed by atoms with Gasteiger partial charge in [0.05, 0.1) is 24.9 Å². The van der Waals surface area contributed by atoms with E-state index in [4.69, 9.17) is 15.2 Å². The van der Waals surface area contributed by atoms with Crippen LogP contribution in [0, 0.1) is 6.92 Å². The van der Waals surface area contributed by atoms with Crippen LogP contribution in [0.25, 0.3) is 0 Å². The van der Waals surface area contributed by atoms with Crippen molar-refractivity contribution in [2.45, 2.75) is 69.3 Å². The van der Waals surface area contributed by atoms with Crippen molar-refractivity contribution in [3.05, 3.63) is 32.6 Å². The molecular weight excluding hydrogens is 520 g/mol.